The molecule has 0 unspecified atom stereocenters. The number of likely N-dealkylation sites (tertiary alicyclic amines) is 1. The first-order valence-electron chi connectivity index (χ1n) is 7.20. The second-order valence-electron chi connectivity index (χ2n) is 5.34. The van der Waals surface area contributed by atoms with E-state index in [1.54, 1.807) is 13.0 Å². The minimum absolute atomic E-state index is 0.0666. The summed E-state index contributed by atoms with van der Waals surface area (Å²) >= 11 is 1.46. The Balaban J connectivity index is 1.51. The van der Waals surface area contributed by atoms with Crippen LogP contribution in [0.3, 0.4) is 0 Å². The standard InChI is InChI=1S/C15H17N3O3S/c1-10-9-12(17-21-10)14(19)16-11-4-6-18(7-5-11)15(20)13-3-2-8-22-13/h2-3,8-9,11H,4-7H2,1H3,(H,16,19). The third-order valence-electron chi connectivity index (χ3n) is 3.71. The summed E-state index contributed by atoms with van der Waals surface area (Å²) in [7, 11) is 0. The number of aryl methyl sites for hydroxylation is 1. The van der Waals surface area contributed by atoms with Gasteiger partial charge in [0.05, 0.1) is 4.88 Å². The van der Waals surface area contributed by atoms with Crippen molar-refractivity contribution in [2.24, 2.45) is 0 Å². The molecule has 1 aliphatic heterocycles. The van der Waals surface area contributed by atoms with Crippen molar-refractivity contribution in [3.63, 3.8) is 0 Å². The summed E-state index contributed by atoms with van der Waals surface area (Å²) in [5.41, 5.74) is 0.301. The summed E-state index contributed by atoms with van der Waals surface area (Å²) in [6.45, 7) is 3.05. The van der Waals surface area contributed by atoms with E-state index in [1.165, 1.54) is 11.3 Å². The largest absolute Gasteiger partial charge is 0.361 e. The third-order valence-corrected chi connectivity index (χ3v) is 4.57. The van der Waals surface area contributed by atoms with E-state index in [2.05, 4.69) is 10.5 Å². The monoisotopic (exact) mass is 319 g/mol. The number of amides is 2. The van der Waals surface area contributed by atoms with Crippen molar-refractivity contribution in [3.05, 3.63) is 39.9 Å². The smallest absolute Gasteiger partial charge is 0.273 e. The van der Waals surface area contributed by atoms with Gasteiger partial charge in [0, 0.05) is 25.2 Å². The first kappa shape index (κ1) is 14.8. The summed E-state index contributed by atoms with van der Waals surface area (Å²) in [4.78, 5) is 26.9. The normalized spacial score (nSPS) is 15.8. The van der Waals surface area contributed by atoms with Gasteiger partial charge >= 0.3 is 0 Å². The minimum Gasteiger partial charge on any atom is -0.361 e. The number of nitrogens with zero attached hydrogens (tertiary/aromatic N) is 2. The van der Waals surface area contributed by atoms with E-state index in [-0.39, 0.29) is 17.9 Å². The fourth-order valence-electron chi connectivity index (χ4n) is 2.52. The van der Waals surface area contributed by atoms with E-state index in [0.29, 0.717) is 24.5 Å². The quantitative estimate of drug-likeness (QED) is 0.940. The van der Waals surface area contributed by atoms with Crippen LogP contribution < -0.4 is 5.32 Å². The molecule has 1 aliphatic rings. The summed E-state index contributed by atoms with van der Waals surface area (Å²) in [6.07, 6.45) is 1.50. The molecular weight excluding hydrogens is 302 g/mol. The maximum atomic E-state index is 12.2. The summed E-state index contributed by atoms with van der Waals surface area (Å²) in [5.74, 6) is 0.466. The van der Waals surface area contributed by atoms with Crippen LogP contribution in [0.15, 0.2) is 28.1 Å². The van der Waals surface area contributed by atoms with Crippen molar-refractivity contribution in [1.29, 1.82) is 0 Å². The fourth-order valence-corrected chi connectivity index (χ4v) is 3.21. The molecular formula is C15H17N3O3S. The van der Waals surface area contributed by atoms with Gasteiger partial charge in [0.1, 0.15) is 5.76 Å². The highest BCUT2D eigenvalue weighted by atomic mass is 32.1. The van der Waals surface area contributed by atoms with Gasteiger partial charge in [-0.15, -0.1) is 11.3 Å². The van der Waals surface area contributed by atoms with Gasteiger partial charge < -0.3 is 14.7 Å². The zero-order valence-corrected chi connectivity index (χ0v) is 13.1. The number of hydrogen-bond acceptors (Lipinski definition) is 5. The van der Waals surface area contributed by atoms with Crippen molar-refractivity contribution in [2.75, 3.05) is 13.1 Å². The molecule has 2 aromatic rings. The van der Waals surface area contributed by atoms with Crippen LogP contribution in [0.2, 0.25) is 0 Å². The Bertz CT molecular complexity index is 657. The van der Waals surface area contributed by atoms with Crippen LogP contribution in [0.5, 0.6) is 0 Å². The van der Waals surface area contributed by atoms with Gasteiger partial charge in [0.2, 0.25) is 0 Å². The number of carbonyl (C=O) groups excluding carboxylic acids is 2. The number of carbonyl (C=O) groups is 2. The van der Waals surface area contributed by atoms with Crippen molar-refractivity contribution in [2.45, 2.75) is 25.8 Å². The predicted molar refractivity (Wildman–Crippen MR) is 82.0 cm³/mol. The lowest BCUT2D eigenvalue weighted by molar-refractivity contribution is 0.0702. The van der Waals surface area contributed by atoms with Gasteiger partial charge in [-0.2, -0.15) is 0 Å². The molecule has 0 saturated carbocycles. The highest BCUT2D eigenvalue weighted by Crippen LogP contribution is 2.17. The number of thiophene rings is 1. The predicted octanol–water partition coefficient (Wildman–Crippen LogP) is 2.08. The topological polar surface area (TPSA) is 75.4 Å². The summed E-state index contributed by atoms with van der Waals surface area (Å²) in [5, 5.41) is 8.56. The summed E-state index contributed by atoms with van der Waals surface area (Å²) in [6, 6.07) is 5.40. The molecule has 0 aromatic carbocycles. The van der Waals surface area contributed by atoms with E-state index in [4.69, 9.17) is 4.52 Å². The number of aromatic nitrogens is 1. The lowest BCUT2D eigenvalue weighted by atomic mass is 10.0. The molecule has 0 bridgehead atoms. The number of nitrogens with one attached hydrogen (secondary N) is 1. The van der Waals surface area contributed by atoms with Crippen molar-refractivity contribution >= 4 is 23.2 Å². The average molecular weight is 319 g/mol. The minimum atomic E-state index is -0.222. The van der Waals surface area contributed by atoms with Gasteiger partial charge in [-0.05, 0) is 31.2 Å². The van der Waals surface area contributed by atoms with Gasteiger partial charge in [-0.25, -0.2) is 0 Å². The lowest BCUT2D eigenvalue weighted by Gasteiger charge is -2.32. The Morgan fingerprint density at radius 3 is 2.77 bits per heavy atom. The van der Waals surface area contributed by atoms with Gasteiger partial charge in [0.15, 0.2) is 5.69 Å². The molecule has 3 rings (SSSR count). The zero-order chi connectivity index (χ0) is 15.5. The van der Waals surface area contributed by atoms with Crippen LogP contribution in [0.4, 0.5) is 0 Å². The van der Waals surface area contributed by atoms with E-state index >= 15 is 0 Å². The van der Waals surface area contributed by atoms with E-state index in [1.807, 2.05) is 22.4 Å². The first-order valence-corrected chi connectivity index (χ1v) is 8.08. The van der Waals surface area contributed by atoms with Crippen LogP contribution in [-0.4, -0.2) is 41.0 Å². The highest BCUT2D eigenvalue weighted by molar-refractivity contribution is 7.12. The van der Waals surface area contributed by atoms with Gasteiger partial charge in [0.25, 0.3) is 11.8 Å². The zero-order valence-electron chi connectivity index (χ0n) is 12.2. The fraction of sp³-hybridized carbons (Fsp3) is 0.400. The van der Waals surface area contributed by atoms with Gasteiger partial charge in [-0.1, -0.05) is 11.2 Å². The first-order chi connectivity index (χ1) is 10.6. The Morgan fingerprint density at radius 2 is 2.18 bits per heavy atom. The molecule has 116 valence electrons. The number of hydrogen-bond donors (Lipinski definition) is 1. The molecule has 0 radical (unpaired) electrons. The SMILES string of the molecule is Cc1cc(C(=O)NC2CCN(C(=O)c3cccs3)CC2)no1. The molecule has 6 nitrogen and oxygen atoms in total. The molecule has 7 heteroatoms. The van der Waals surface area contributed by atoms with E-state index < -0.39 is 0 Å². The van der Waals surface area contributed by atoms with Crippen LogP contribution in [0.1, 0.15) is 38.8 Å². The summed E-state index contributed by atoms with van der Waals surface area (Å²) < 4.78 is 4.90. The molecule has 0 spiro atoms. The van der Waals surface area contributed by atoms with E-state index in [0.717, 1.165) is 17.7 Å². The second kappa shape index (κ2) is 6.31. The molecule has 1 fully saturated rings. The molecule has 2 amide bonds. The molecule has 1 saturated heterocycles. The van der Waals surface area contributed by atoms with Crippen LogP contribution in [0, 0.1) is 6.92 Å². The average Bonchev–Trinajstić information content (AvgIpc) is 3.18. The van der Waals surface area contributed by atoms with E-state index in [9.17, 15) is 9.59 Å². The molecule has 0 atom stereocenters. The maximum absolute atomic E-state index is 12.2. The van der Waals surface area contributed by atoms with Crippen molar-refractivity contribution in [3.8, 4) is 0 Å². The van der Waals surface area contributed by atoms with Crippen LogP contribution in [-0.2, 0) is 0 Å². The molecule has 2 aromatic heterocycles. The van der Waals surface area contributed by atoms with Crippen LogP contribution in [0.25, 0.3) is 0 Å². The Morgan fingerprint density at radius 1 is 1.41 bits per heavy atom. The molecule has 0 aliphatic carbocycles. The Labute approximate surface area is 132 Å². The molecule has 22 heavy (non-hydrogen) atoms. The number of piperidine rings is 1. The lowest BCUT2D eigenvalue weighted by Crippen LogP contribution is -2.46. The Kier molecular flexibility index (Phi) is 4.24. The van der Waals surface area contributed by atoms with Gasteiger partial charge in [-0.3, -0.25) is 9.59 Å². The Hall–Kier alpha value is -2.15. The molecule has 3 heterocycles. The highest BCUT2D eigenvalue weighted by Gasteiger charge is 2.25. The van der Waals surface area contributed by atoms with Crippen LogP contribution >= 0.6 is 11.3 Å². The second-order valence-corrected chi connectivity index (χ2v) is 6.29. The number of rotatable bonds is 3. The third kappa shape index (κ3) is 3.19. The maximum Gasteiger partial charge on any atom is 0.273 e. The van der Waals surface area contributed by atoms with Crippen molar-refractivity contribution < 1.29 is 14.1 Å². The molecule has 1 N–H and O–H groups in total. The van der Waals surface area contributed by atoms with Crippen molar-refractivity contribution in [1.82, 2.24) is 15.4 Å².